The first-order valence-corrected chi connectivity index (χ1v) is 7.69. The number of phenolic OH excluding ortho intramolecular Hbond substituents is 1. The molecule has 0 spiro atoms. The maximum atomic E-state index is 11.8. The van der Waals surface area contributed by atoms with Gasteiger partial charge in [0.2, 0.25) is 0 Å². The lowest BCUT2D eigenvalue weighted by molar-refractivity contribution is 0.242. The van der Waals surface area contributed by atoms with Gasteiger partial charge in [0.25, 0.3) is 0 Å². The largest absolute Gasteiger partial charge is 0.508 e. The number of anilines is 1. The molecule has 104 valence electrons. The van der Waals surface area contributed by atoms with Gasteiger partial charge in [0.1, 0.15) is 5.75 Å². The first-order valence-electron chi connectivity index (χ1n) is 5.87. The lowest BCUT2D eigenvalue weighted by Crippen LogP contribution is -2.48. The fraction of sp³-hybridized carbons (Fsp3) is 0.417. The zero-order chi connectivity index (χ0) is 14.1. The summed E-state index contributed by atoms with van der Waals surface area (Å²) in [6, 6.07) is 5.66. The molecular formula is C12H16N2O4S. The number of hydrogen-bond acceptors (Lipinski definition) is 4. The lowest BCUT2D eigenvalue weighted by atomic mass is 10.0. The molecule has 6 nitrogen and oxygen atoms in total. The summed E-state index contributed by atoms with van der Waals surface area (Å²) >= 11 is 0. The maximum absolute atomic E-state index is 11.8. The highest BCUT2D eigenvalue weighted by molar-refractivity contribution is 7.91. The molecule has 1 aliphatic rings. The molecule has 7 heteroatoms. The van der Waals surface area contributed by atoms with Gasteiger partial charge in [-0.25, -0.2) is 13.2 Å². The minimum Gasteiger partial charge on any atom is -0.508 e. The molecule has 1 unspecified atom stereocenters. The summed E-state index contributed by atoms with van der Waals surface area (Å²) in [5.74, 6) is 0.0936. The molecule has 3 N–H and O–H groups in total. The van der Waals surface area contributed by atoms with E-state index < -0.39 is 21.4 Å². The van der Waals surface area contributed by atoms with E-state index in [0.717, 1.165) is 0 Å². The quantitative estimate of drug-likeness (QED) is 0.757. The molecule has 0 saturated carbocycles. The highest BCUT2D eigenvalue weighted by Gasteiger charge is 2.39. The number of sulfone groups is 1. The van der Waals surface area contributed by atoms with Crippen molar-refractivity contribution in [1.82, 2.24) is 5.32 Å². The number of carbonyl (C=O) groups excluding carboxylic acids is 1. The number of phenols is 1. The van der Waals surface area contributed by atoms with Crippen LogP contribution in [0.25, 0.3) is 0 Å². The number of amides is 2. The number of aromatic hydroxyl groups is 1. The van der Waals surface area contributed by atoms with E-state index in [-0.39, 0.29) is 17.3 Å². The summed E-state index contributed by atoms with van der Waals surface area (Å²) in [6.07, 6.45) is 0.406. The summed E-state index contributed by atoms with van der Waals surface area (Å²) in [7, 11) is -3.06. The first kappa shape index (κ1) is 13.7. The number of rotatable bonds is 2. The van der Waals surface area contributed by atoms with Gasteiger partial charge in [0, 0.05) is 11.8 Å². The average Bonchev–Trinajstić information content (AvgIpc) is 2.52. The Morgan fingerprint density at radius 1 is 1.42 bits per heavy atom. The molecule has 0 aromatic heterocycles. The minimum atomic E-state index is -3.06. The maximum Gasteiger partial charge on any atom is 0.319 e. The highest BCUT2D eigenvalue weighted by Crippen LogP contribution is 2.23. The van der Waals surface area contributed by atoms with Crippen LogP contribution >= 0.6 is 0 Å². The van der Waals surface area contributed by atoms with Crippen LogP contribution in [-0.2, 0) is 9.84 Å². The lowest BCUT2D eigenvalue weighted by Gasteiger charge is -2.24. The number of urea groups is 1. The second-order valence-corrected chi connectivity index (χ2v) is 7.22. The summed E-state index contributed by atoms with van der Waals surface area (Å²) < 4.78 is 22.9. The van der Waals surface area contributed by atoms with Gasteiger partial charge in [0.15, 0.2) is 9.84 Å². The van der Waals surface area contributed by atoms with E-state index in [0.29, 0.717) is 12.1 Å². The van der Waals surface area contributed by atoms with E-state index in [2.05, 4.69) is 10.6 Å². The van der Waals surface area contributed by atoms with E-state index >= 15 is 0 Å². The van der Waals surface area contributed by atoms with Crippen molar-refractivity contribution < 1.29 is 18.3 Å². The fourth-order valence-corrected chi connectivity index (χ4v) is 4.22. The molecule has 1 aromatic carbocycles. The topological polar surface area (TPSA) is 95.5 Å². The third-order valence-corrected chi connectivity index (χ3v) is 4.93. The van der Waals surface area contributed by atoms with E-state index in [1.807, 2.05) is 0 Å². The molecule has 1 saturated heterocycles. The van der Waals surface area contributed by atoms with Crippen molar-refractivity contribution in [2.75, 3.05) is 16.8 Å². The highest BCUT2D eigenvalue weighted by atomic mass is 32.2. The summed E-state index contributed by atoms with van der Waals surface area (Å²) in [4.78, 5) is 11.8. The monoisotopic (exact) mass is 284 g/mol. The van der Waals surface area contributed by atoms with Gasteiger partial charge in [-0.15, -0.1) is 0 Å². The third-order valence-electron chi connectivity index (χ3n) is 3.02. The van der Waals surface area contributed by atoms with E-state index in [1.165, 1.54) is 12.1 Å². The Bertz CT molecular complexity index is 600. The Morgan fingerprint density at radius 3 is 2.74 bits per heavy atom. The number of benzene rings is 1. The molecule has 1 fully saturated rings. The molecule has 19 heavy (non-hydrogen) atoms. The van der Waals surface area contributed by atoms with Crippen LogP contribution in [0.15, 0.2) is 24.3 Å². The van der Waals surface area contributed by atoms with Crippen molar-refractivity contribution in [2.24, 2.45) is 0 Å². The van der Waals surface area contributed by atoms with Gasteiger partial charge in [0.05, 0.1) is 17.0 Å². The van der Waals surface area contributed by atoms with Crippen LogP contribution in [0.4, 0.5) is 10.5 Å². The second-order valence-electron chi connectivity index (χ2n) is 5.03. The number of nitrogens with one attached hydrogen (secondary N) is 2. The van der Waals surface area contributed by atoms with E-state index in [1.54, 1.807) is 19.1 Å². The SMILES string of the molecule is CC1(NC(=O)Nc2cccc(O)c2)CCS(=O)(=O)C1. The summed E-state index contributed by atoms with van der Waals surface area (Å²) in [6.45, 7) is 1.71. The smallest absolute Gasteiger partial charge is 0.319 e. The van der Waals surface area contributed by atoms with Crippen LogP contribution in [0.5, 0.6) is 5.75 Å². The minimum absolute atomic E-state index is 0.0482. The average molecular weight is 284 g/mol. The van der Waals surface area contributed by atoms with Gasteiger partial charge >= 0.3 is 6.03 Å². The molecule has 0 bridgehead atoms. The van der Waals surface area contributed by atoms with Crippen molar-refractivity contribution in [3.63, 3.8) is 0 Å². The molecule has 1 aliphatic heterocycles. The molecule has 0 radical (unpaired) electrons. The Labute approximate surface area is 111 Å². The van der Waals surface area contributed by atoms with E-state index in [9.17, 15) is 18.3 Å². The Kier molecular flexibility index (Phi) is 3.40. The fourth-order valence-electron chi connectivity index (χ4n) is 2.13. The molecule has 0 aliphatic carbocycles. The first-order chi connectivity index (χ1) is 8.78. The van der Waals surface area contributed by atoms with Crippen molar-refractivity contribution >= 4 is 21.6 Å². The van der Waals surface area contributed by atoms with Crippen LogP contribution in [0.3, 0.4) is 0 Å². The number of carbonyl (C=O) groups is 1. The normalized spacial score (nSPS) is 24.9. The zero-order valence-corrected chi connectivity index (χ0v) is 11.3. The van der Waals surface area contributed by atoms with Gasteiger partial charge in [-0.05, 0) is 25.5 Å². The molecule has 1 aromatic rings. The third kappa shape index (κ3) is 3.60. The Hall–Kier alpha value is -1.76. The van der Waals surface area contributed by atoms with Gasteiger partial charge < -0.3 is 15.7 Å². The van der Waals surface area contributed by atoms with Crippen molar-refractivity contribution in [1.29, 1.82) is 0 Å². The van der Waals surface area contributed by atoms with Crippen LogP contribution in [0.1, 0.15) is 13.3 Å². The van der Waals surface area contributed by atoms with Crippen molar-refractivity contribution in [2.45, 2.75) is 18.9 Å². The standard InChI is InChI=1S/C12H16N2O4S/c1-12(5-6-19(17,18)8-12)14-11(16)13-9-3-2-4-10(15)7-9/h2-4,7,15H,5-6,8H2,1H3,(H2,13,14,16). The van der Waals surface area contributed by atoms with Gasteiger partial charge in [-0.2, -0.15) is 0 Å². The molecule has 2 amide bonds. The van der Waals surface area contributed by atoms with E-state index in [4.69, 9.17) is 0 Å². The van der Waals surface area contributed by atoms with Gasteiger partial charge in [-0.3, -0.25) is 0 Å². The predicted octanol–water partition coefficient (Wildman–Crippen LogP) is 1.09. The Morgan fingerprint density at radius 2 is 2.16 bits per heavy atom. The summed E-state index contributed by atoms with van der Waals surface area (Å²) in [5.41, 5.74) is -0.290. The van der Waals surface area contributed by atoms with Crippen LogP contribution in [0, 0.1) is 0 Å². The molecular weight excluding hydrogens is 268 g/mol. The molecule has 1 atom stereocenters. The van der Waals surface area contributed by atoms with Gasteiger partial charge in [-0.1, -0.05) is 6.07 Å². The van der Waals surface area contributed by atoms with Crippen molar-refractivity contribution in [3.8, 4) is 5.75 Å². The summed E-state index contributed by atoms with van der Waals surface area (Å²) in [5, 5.41) is 14.5. The van der Waals surface area contributed by atoms with Crippen LogP contribution in [0.2, 0.25) is 0 Å². The predicted molar refractivity (Wildman–Crippen MR) is 71.9 cm³/mol. The van der Waals surface area contributed by atoms with Crippen molar-refractivity contribution in [3.05, 3.63) is 24.3 Å². The molecule has 2 rings (SSSR count). The Balaban J connectivity index is 1.99. The second kappa shape index (κ2) is 4.73. The van der Waals surface area contributed by atoms with Crippen LogP contribution in [-0.4, -0.2) is 36.6 Å². The van der Waals surface area contributed by atoms with Crippen LogP contribution < -0.4 is 10.6 Å². The number of hydrogen-bond donors (Lipinski definition) is 3. The zero-order valence-electron chi connectivity index (χ0n) is 10.5. The molecule has 1 heterocycles.